The normalized spacial score (nSPS) is 22.0. The molecule has 1 aromatic carbocycles. The van der Waals surface area contributed by atoms with Crippen molar-refractivity contribution in [3.8, 4) is 0 Å². The summed E-state index contributed by atoms with van der Waals surface area (Å²) in [6.07, 6.45) is 2.86. The first-order valence-corrected chi connectivity index (χ1v) is 6.79. The number of carbonyl (C=O) groups excluding carboxylic acids is 1. The van der Waals surface area contributed by atoms with E-state index in [9.17, 15) is 9.90 Å². The lowest BCUT2D eigenvalue weighted by atomic mass is 9.79. The highest BCUT2D eigenvalue weighted by molar-refractivity contribution is 5.82. The van der Waals surface area contributed by atoms with Crippen LogP contribution in [-0.4, -0.2) is 10.9 Å². The van der Waals surface area contributed by atoms with Gasteiger partial charge in [-0.1, -0.05) is 24.1 Å². The van der Waals surface area contributed by atoms with Crippen molar-refractivity contribution in [2.24, 2.45) is 5.92 Å². The molecule has 18 heavy (non-hydrogen) atoms. The molecule has 0 radical (unpaired) electrons. The molecular weight excluding hydrogens is 224 g/mol. The minimum absolute atomic E-state index is 0.196. The lowest BCUT2D eigenvalue weighted by molar-refractivity contribution is -0.128. The molecule has 0 saturated heterocycles. The van der Waals surface area contributed by atoms with Crippen LogP contribution < -0.4 is 0 Å². The van der Waals surface area contributed by atoms with E-state index in [0.29, 0.717) is 6.42 Å². The number of aliphatic hydroxyl groups is 1. The molecule has 0 aliphatic heterocycles. The maximum atomic E-state index is 11.9. The van der Waals surface area contributed by atoms with Crippen LogP contribution in [0.15, 0.2) is 12.1 Å². The Kier molecular flexibility index (Phi) is 3.86. The molecule has 1 saturated carbocycles. The molecule has 2 rings (SSSR count). The highest BCUT2D eigenvalue weighted by atomic mass is 16.3. The lowest BCUT2D eigenvalue weighted by Gasteiger charge is -2.28. The largest absolute Gasteiger partial charge is 0.388 e. The molecule has 2 heteroatoms. The van der Waals surface area contributed by atoms with Crippen molar-refractivity contribution in [3.05, 3.63) is 34.4 Å². The Bertz CT molecular complexity index is 439. The van der Waals surface area contributed by atoms with Crippen LogP contribution in [0.5, 0.6) is 0 Å². The Morgan fingerprint density at radius 1 is 1.17 bits per heavy atom. The first-order valence-electron chi connectivity index (χ1n) is 6.79. The van der Waals surface area contributed by atoms with Crippen molar-refractivity contribution in [3.63, 3.8) is 0 Å². The molecule has 2 nitrogen and oxygen atoms in total. The van der Waals surface area contributed by atoms with Gasteiger partial charge in [-0.3, -0.25) is 4.79 Å². The number of ketones is 1. The Morgan fingerprint density at radius 2 is 1.78 bits per heavy atom. The van der Waals surface area contributed by atoms with E-state index in [0.717, 1.165) is 36.0 Å². The summed E-state index contributed by atoms with van der Waals surface area (Å²) in [5.41, 5.74) is 4.36. The predicted molar refractivity (Wildman–Crippen MR) is 72.6 cm³/mol. The second-order valence-electron chi connectivity index (χ2n) is 5.58. The van der Waals surface area contributed by atoms with Crippen molar-refractivity contribution in [2.75, 3.05) is 0 Å². The number of rotatable bonds is 2. The highest BCUT2D eigenvalue weighted by Gasteiger charge is 2.31. The van der Waals surface area contributed by atoms with E-state index in [-0.39, 0.29) is 11.7 Å². The van der Waals surface area contributed by atoms with E-state index in [2.05, 4.69) is 19.1 Å². The standard InChI is InChI=1S/C16H22O2/c1-10-8-11(2)15(12(3)9-10)16(18)13-6-4-5-7-14(13)17/h8-9,13,16,18H,4-7H2,1-3H3/t13-,16-/m1/s1. The number of hydrogen-bond donors (Lipinski definition) is 1. The van der Waals surface area contributed by atoms with Gasteiger partial charge in [0.1, 0.15) is 5.78 Å². The van der Waals surface area contributed by atoms with Crippen molar-refractivity contribution in [1.82, 2.24) is 0 Å². The molecule has 1 aliphatic carbocycles. The number of hydrogen-bond acceptors (Lipinski definition) is 2. The molecule has 0 unspecified atom stereocenters. The molecule has 0 amide bonds. The van der Waals surface area contributed by atoms with Gasteiger partial charge >= 0.3 is 0 Å². The monoisotopic (exact) mass is 246 g/mol. The Labute approximate surface area is 109 Å². The fourth-order valence-electron chi connectivity index (χ4n) is 3.20. The van der Waals surface area contributed by atoms with Crippen molar-refractivity contribution < 1.29 is 9.90 Å². The summed E-state index contributed by atoms with van der Waals surface area (Å²) < 4.78 is 0. The number of aliphatic hydroxyl groups excluding tert-OH is 1. The zero-order valence-electron chi connectivity index (χ0n) is 11.5. The van der Waals surface area contributed by atoms with Crippen LogP contribution in [0.25, 0.3) is 0 Å². The Hall–Kier alpha value is -1.15. The fraction of sp³-hybridized carbons (Fsp3) is 0.562. The number of carbonyl (C=O) groups is 1. The van der Waals surface area contributed by atoms with Crippen molar-refractivity contribution >= 4 is 5.78 Å². The Balaban J connectivity index is 2.33. The maximum Gasteiger partial charge on any atom is 0.138 e. The summed E-state index contributed by atoms with van der Waals surface area (Å²) in [5.74, 6) is 0.0342. The van der Waals surface area contributed by atoms with E-state index in [1.807, 2.05) is 13.8 Å². The molecule has 1 N–H and O–H groups in total. The molecule has 1 aromatic rings. The van der Waals surface area contributed by atoms with Gasteiger partial charge in [-0.05, 0) is 50.3 Å². The average Bonchev–Trinajstić information content (AvgIpc) is 2.27. The third-order valence-corrected chi connectivity index (χ3v) is 4.02. The molecule has 1 aliphatic rings. The highest BCUT2D eigenvalue weighted by Crippen LogP contribution is 2.35. The first-order chi connectivity index (χ1) is 8.50. The predicted octanol–water partition coefficient (Wildman–Crippen LogP) is 3.40. The van der Waals surface area contributed by atoms with Gasteiger partial charge in [0.2, 0.25) is 0 Å². The Morgan fingerprint density at radius 3 is 2.33 bits per heavy atom. The van der Waals surface area contributed by atoms with Gasteiger partial charge in [0.25, 0.3) is 0 Å². The van der Waals surface area contributed by atoms with Crippen LogP contribution in [0, 0.1) is 26.7 Å². The van der Waals surface area contributed by atoms with Crippen LogP contribution >= 0.6 is 0 Å². The summed E-state index contributed by atoms with van der Waals surface area (Å²) in [7, 11) is 0. The van der Waals surface area contributed by atoms with E-state index < -0.39 is 6.10 Å². The van der Waals surface area contributed by atoms with Crippen LogP contribution in [0.2, 0.25) is 0 Å². The van der Waals surface area contributed by atoms with Gasteiger partial charge in [0, 0.05) is 12.3 Å². The fourth-order valence-corrected chi connectivity index (χ4v) is 3.20. The summed E-state index contributed by atoms with van der Waals surface area (Å²) in [6.45, 7) is 6.10. The van der Waals surface area contributed by atoms with Crippen LogP contribution in [0.3, 0.4) is 0 Å². The van der Waals surface area contributed by atoms with Gasteiger partial charge in [-0.15, -0.1) is 0 Å². The number of benzene rings is 1. The second-order valence-corrected chi connectivity index (χ2v) is 5.58. The zero-order valence-corrected chi connectivity index (χ0v) is 11.5. The van der Waals surface area contributed by atoms with E-state index >= 15 is 0 Å². The zero-order chi connectivity index (χ0) is 13.3. The molecule has 0 heterocycles. The van der Waals surface area contributed by atoms with Gasteiger partial charge in [0.15, 0.2) is 0 Å². The molecule has 2 atom stereocenters. The van der Waals surface area contributed by atoms with E-state index in [4.69, 9.17) is 0 Å². The smallest absolute Gasteiger partial charge is 0.138 e. The summed E-state index contributed by atoms with van der Waals surface area (Å²) >= 11 is 0. The third kappa shape index (κ3) is 2.49. The average molecular weight is 246 g/mol. The van der Waals surface area contributed by atoms with Gasteiger partial charge in [-0.25, -0.2) is 0 Å². The van der Waals surface area contributed by atoms with E-state index in [1.165, 1.54) is 5.56 Å². The third-order valence-electron chi connectivity index (χ3n) is 4.02. The maximum absolute atomic E-state index is 11.9. The summed E-state index contributed by atoms with van der Waals surface area (Å²) in [5, 5.41) is 10.5. The molecule has 0 bridgehead atoms. The van der Waals surface area contributed by atoms with Gasteiger partial charge < -0.3 is 5.11 Å². The quantitative estimate of drug-likeness (QED) is 0.868. The van der Waals surface area contributed by atoms with Crippen LogP contribution in [-0.2, 0) is 4.79 Å². The van der Waals surface area contributed by atoms with Crippen LogP contribution in [0.4, 0.5) is 0 Å². The summed E-state index contributed by atoms with van der Waals surface area (Å²) in [4.78, 5) is 11.9. The molecule has 0 spiro atoms. The second kappa shape index (κ2) is 5.23. The first kappa shape index (κ1) is 13.3. The van der Waals surface area contributed by atoms with E-state index in [1.54, 1.807) is 0 Å². The topological polar surface area (TPSA) is 37.3 Å². The van der Waals surface area contributed by atoms with Gasteiger partial charge in [-0.2, -0.15) is 0 Å². The van der Waals surface area contributed by atoms with Crippen LogP contribution in [0.1, 0.15) is 54.0 Å². The van der Waals surface area contributed by atoms with Crippen molar-refractivity contribution in [1.29, 1.82) is 0 Å². The minimum atomic E-state index is -0.626. The molecule has 98 valence electrons. The molecule has 0 aromatic heterocycles. The van der Waals surface area contributed by atoms with Crippen molar-refractivity contribution in [2.45, 2.75) is 52.6 Å². The lowest BCUT2D eigenvalue weighted by Crippen LogP contribution is -2.26. The minimum Gasteiger partial charge on any atom is -0.388 e. The SMILES string of the molecule is Cc1cc(C)c([C@H](O)[C@@H]2CCCCC2=O)c(C)c1. The number of Topliss-reactive ketones (excluding diaryl/α,β-unsaturated/α-hetero) is 1. The van der Waals surface area contributed by atoms with Gasteiger partial charge in [0.05, 0.1) is 6.10 Å². The molecular formula is C16H22O2. The molecule has 1 fully saturated rings. The summed E-state index contributed by atoms with van der Waals surface area (Å²) in [6, 6.07) is 4.16. The number of aryl methyl sites for hydroxylation is 3.